The van der Waals surface area contributed by atoms with Crippen LogP contribution in [-0.2, 0) is 10.0 Å². The maximum absolute atomic E-state index is 12.6. The van der Waals surface area contributed by atoms with Crippen molar-refractivity contribution in [2.75, 3.05) is 25.4 Å². The Hall–Kier alpha value is -0.820. The topological polar surface area (TPSA) is 75.4 Å². The van der Waals surface area contributed by atoms with Crippen molar-refractivity contribution in [2.24, 2.45) is 5.92 Å². The van der Waals surface area contributed by atoms with E-state index in [1.807, 2.05) is 0 Å². The van der Waals surface area contributed by atoms with Crippen LogP contribution in [0.5, 0.6) is 0 Å². The van der Waals surface area contributed by atoms with Crippen molar-refractivity contribution in [2.45, 2.75) is 30.7 Å². The van der Waals surface area contributed by atoms with Gasteiger partial charge in [0.1, 0.15) is 4.90 Å². The molecule has 2 bridgehead atoms. The van der Waals surface area contributed by atoms with Gasteiger partial charge in [0.2, 0.25) is 10.0 Å². The first-order valence-corrected chi connectivity index (χ1v) is 9.03. The SMILES string of the molecule is Cc1cc(Cl)c(S(=O)(=O)NC2CN3CCC2CC3)cc1N. The van der Waals surface area contributed by atoms with E-state index in [-0.39, 0.29) is 16.0 Å². The van der Waals surface area contributed by atoms with E-state index >= 15 is 0 Å². The summed E-state index contributed by atoms with van der Waals surface area (Å²) in [5.41, 5.74) is 7.04. The van der Waals surface area contributed by atoms with E-state index in [1.165, 1.54) is 6.07 Å². The van der Waals surface area contributed by atoms with Crippen molar-refractivity contribution in [1.29, 1.82) is 0 Å². The van der Waals surface area contributed by atoms with Crippen LogP contribution in [0.2, 0.25) is 5.02 Å². The van der Waals surface area contributed by atoms with E-state index in [1.54, 1.807) is 13.0 Å². The third-order valence-corrected chi connectivity index (χ3v) is 6.53. The van der Waals surface area contributed by atoms with Gasteiger partial charge in [-0.1, -0.05) is 11.6 Å². The Morgan fingerprint density at radius 3 is 2.57 bits per heavy atom. The number of hydrogen-bond donors (Lipinski definition) is 2. The maximum atomic E-state index is 12.6. The molecular weight excluding hydrogens is 310 g/mol. The van der Waals surface area contributed by atoms with Gasteiger partial charge in [-0.05, 0) is 56.5 Å². The Morgan fingerprint density at radius 2 is 2.00 bits per heavy atom. The highest BCUT2D eigenvalue weighted by atomic mass is 35.5. The number of aryl methyl sites for hydroxylation is 1. The minimum absolute atomic E-state index is 0.0314. The Balaban J connectivity index is 1.86. The second kappa shape index (κ2) is 5.43. The number of benzene rings is 1. The van der Waals surface area contributed by atoms with Gasteiger partial charge in [-0.15, -0.1) is 0 Å². The molecule has 3 aliphatic heterocycles. The molecule has 1 aromatic rings. The van der Waals surface area contributed by atoms with E-state index in [0.717, 1.165) is 38.0 Å². The summed E-state index contributed by atoms with van der Waals surface area (Å²) >= 11 is 6.10. The second-order valence-electron chi connectivity index (χ2n) is 6.01. The second-order valence-corrected chi connectivity index (χ2v) is 8.09. The van der Waals surface area contributed by atoms with Crippen LogP contribution in [0, 0.1) is 12.8 Å². The molecule has 3 fully saturated rings. The molecule has 0 aliphatic carbocycles. The van der Waals surface area contributed by atoms with Crippen LogP contribution in [0.1, 0.15) is 18.4 Å². The molecule has 1 aromatic carbocycles. The van der Waals surface area contributed by atoms with E-state index in [0.29, 0.717) is 11.6 Å². The fourth-order valence-electron chi connectivity index (χ4n) is 3.24. The molecule has 1 atom stereocenters. The van der Waals surface area contributed by atoms with E-state index in [4.69, 9.17) is 17.3 Å². The number of hydrogen-bond acceptors (Lipinski definition) is 4. The average Bonchev–Trinajstić information content (AvgIpc) is 2.43. The normalized spacial score (nSPS) is 28.8. The molecule has 21 heavy (non-hydrogen) atoms. The number of fused-ring (bicyclic) bond motifs is 3. The Labute approximate surface area is 130 Å². The molecule has 0 saturated carbocycles. The fraction of sp³-hybridized carbons (Fsp3) is 0.571. The third kappa shape index (κ3) is 2.90. The maximum Gasteiger partial charge on any atom is 0.242 e. The number of anilines is 1. The molecular formula is C14H20ClN3O2S. The largest absolute Gasteiger partial charge is 0.398 e. The average molecular weight is 330 g/mol. The predicted octanol–water partition coefficient (Wildman–Crippen LogP) is 1.60. The lowest BCUT2D eigenvalue weighted by atomic mass is 9.85. The fourth-order valence-corrected chi connectivity index (χ4v) is 5.15. The lowest BCUT2D eigenvalue weighted by Crippen LogP contribution is -2.57. The van der Waals surface area contributed by atoms with Crippen molar-refractivity contribution < 1.29 is 8.42 Å². The number of halogens is 1. The number of piperidine rings is 3. The molecule has 116 valence electrons. The smallest absolute Gasteiger partial charge is 0.242 e. The van der Waals surface area contributed by atoms with Crippen molar-refractivity contribution in [3.05, 3.63) is 22.7 Å². The van der Waals surface area contributed by atoms with Crippen molar-refractivity contribution >= 4 is 27.3 Å². The first-order chi connectivity index (χ1) is 9.87. The minimum Gasteiger partial charge on any atom is -0.398 e. The molecule has 3 aliphatic rings. The standard InChI is InChI=1S/C14H20ClN3O2S/c1-9-6-11(15)14(7-12(9)16)21(19,20)17-13-8-18-4-2-10(13)3-5-18/h6-7,10,13,17H,2-5,8,16H2,1H3. The highest BCUT2D eigenvalue weighted by Crippen LogP contribution is 2.31. The van der Waals surface area contributed by atoms with E-state index in [2.05, 4.69) is 9.62 Å². The van der Waals surface area contributed by atoms with Gasteiger partial charge >= 0.3 is 0 Å². The van der Waals surface area contributed by atoms with Gasteiger partial charge in [0.25, 0.3) is 0 Å². The van der Waals surface area contributed by atoms with Crippen LogP contribution in [0.3, 0.4) is 0 Å². The van der Waals surface area contributed by atoms with E-state index < -0.39 is 10.0 Å². The number of nitrogen functional groups attached to an aromatic ring is 1. The quantitative estimate of drug-likeness (QED) is 0.826. The molecule has 0 radical (unpaired) electrons. The number of rotatable bonds is 3. The summed E-state index contributed by atoms with van der Waals surface area (Å²) < 4.78 is 28.0. The predicted molar refractivity (Wildman–Crippen MR) is 83.9 cm³/mol. The van der Waals surface area contributed by atoms with Crippen LogP contribution in [0.25, 0.3) is 0 Å². The molecule has 0 spiro atoms. The molecule has 0 amide bonds. The lowest BCUT2D eigenvalue weighted by Gasteiger charge is -2.44. The summed E-state index contributed by atoms with van der Waals surface area (Å²) in [4.78, 5) is 2.38. The third-order valence-electron chi connectivity index (χ3n) is 4.57. The van der Waals surface area contributed by atoms with Gasteiger partial charge in [0.05, 0.1) is 5.02 Å². The Kier molecular flexibility index (Phi) is 3.90. The zero-order chi connectivity index (χ0) is 15.2. The van der Waals surface area contributed by atoms with Gasteiger partial charge < -0.3 is 10.6 Å². The van der Waals surface area contributed by atoms with Crippen LogP contribution in [0.4, 0.5) is 5.69 Å². The molecule has 4 rings (SSSR count). The molecule has 0 aromatic heterocycles. The number of nitrogens with zero attached hydrogens (tertiary/aromatic N) is 1. The zero-order valence-electron chi connectivity index (χ0n) is 12.0. The van der Waals surface area contributed by atoms with Gasteiger partial charge in [-0.3, -0.25) is 0 Å². The first kappa shape index (κ1) is 15.1. The highest BCUT2D eigenvalue weighted by Gasteiger charge is 2.37. The molecule has 5 nitrogen and oxygen atoms in total. The van der Waals surface area contributed by atoms with Gasteiger partial charge in [0, 0.05) is 18.3 Å². The summed E-state index contributed by atoms with van der Waals surface area (Å²) in [5, 5.41) is 0.218. The van der Waals surface area contributed by atoms with Crippen LogP contribution in [-0.4, -0.2) is 39.0 Å². The summed E-state index contributed by atoms with van der Waals surface area (Å²) in [6.45, 7) is 4.73. The van der Waals surface area contributed by atoms with Gasteiger partial charge in [-0.2, -0.15) is 0 Å². The van der Waals surface area contributed by atoms with Gasteiger partial charge in [0.15, 0.2) is 0 Å². The molecule has 1 unspecified atom stereocenters. The number of sulfonamides is 1. The van der Waals surface area contributed by atoms with Crippen molar-refractivity contribution in [1.82, 2.24) is 9.62 Å². The molecule has 7 heteroatoms. The van der Waals surface area contributed by atoms with Gasteiger partial charge in [-0.25, -0.2) is 13.1 Å². The highest BCUT2D eigenvalue weighted by molar-refractivity contribution is 7.89. The molecule has 3 heterocycles. The summed E-state index contributed by atoms with van der Waals surface area (Å²) in [6.07, 6.45) is 2.11. The number of nitrogens with two attached hydrogens (primary N) is 1. The van der Waals surface area contributed by atoms with Crippen LogP contribution < -0.4 is 10.5 Å². The van der Waals surface area contributed by atoms with Crippen LogP contribution in [0.15, 0.2) is 17.0 Å². The minimum atomic E-state index is -3.64. The van der Waals surface area contributed by atoms with E-state index in [9.17, 15) is 8.42 Å². The summed E-state index contributed by atoms with van der Waals surface area (Å²) in [6, 6.07) is 3.01. The summed E-state index contributed by atoms with van der Waals surface area (Å²) in [5.74, 6) is 0.423. The van der Waals surface area contributed by atoms with Crippen molar-refractivity contribution in [3.8, 4) is 0 Å². The van der Waals surface area contributed by atoms with Crippen molar-refractivity contribution in [3.63, 3.8) is 0 Å². The molecule has 3 N–H and O–H groups in total. The van der Waals surface area contributed by atoms with Crippen LogP contribution >= 0.6 is 11.6 Å². The number of nitrogens with one attached hydrogen (secondary N) is 1. The first-order valence-electron chi connectivity index (χ1n) is 7.17. The Morgan fingerprint density at radius 1 is 1.33 bits per heavy atom. The summed E-state index contributed by atoms with van der Waals surface area (Å²) in [7, 11) is -3.64. The lowest BCUT2D eigenvalue weighted by molar-refractivity contribution is 0.0827. The Bertz CT molecular complexity index is 654. The monoisotopic (exact) mass is 329 g/mol. The molecule has 3 saturated heterocycles. The zero-order valence-corrected chi connectivity index (χ0v) is 13.5.